The van der Waals surface area contributed by atoms with Crippen LogP contribution in [0.5, 0.6) is 0 Å². The minimum absolute atomic E-state index is 0.865. The highest BCUT2D eigenvalue weighted by atomic mass is 15.1. The number of hydrogen-bond acceptors (Lipinski definition) is 2. The van der Waals surface area contributed by atoms with E-state index in [2.05, 4.69) is 17.3 Å². The summed E-state index contributed by atoms with van der Waals surface area (Å²) in [6.45, 7) is 2.59. The Hall–Kier alpha value is -0.0800. The minimum atomic E-state index is 0.865. The van der Waals surface area contributed by atoms with E-state index < -0.39 is 0 Å². The molecule has 0 unspecified atom stereocenters. The van der Waals surface area contributed by atoms with Crippen molar-refractivity contribution in [3.63, 3.8) is 0 Å². The fourth-order valence-corrected chi connectivity index (χ4v) is 6.02. The second-order valence-corrected chi connectivity index (χ2v) is 7.98. The van der Waals surface area contributed by atoms with Gasteiger partial charge in [0, 0.05) is 12.1 Å². The van der Waals surface area contributed by atoms with Crippen LogP contribution in [0.25, 0.3) is 0 Å². The molecular weight excluding hydrogens is 232 g/mol. The Morgan fingerprint density at radius 2 is 1.68 bits per heavy atom. The number of nitrogens with zero attached hydrogens (tertiary/aromatic N) is 1. The van der Waals surface area contributed by atoms with Gasteiger partial charge >= 0.3 is 0 Å². The largest absolute Gasteiger partial charge is 0.313 e. The molecule has 0 aromatic rings. The summed E-state index contributed by atoms with van der Waals surface area (Å²) in [6.07, 6.45) is 12.0. The lowest BCUT2D eigenvalue weighted by Crippen LogP contribution is -2.54. The molecule has 4 aliphatic carbocycles. The normalized spacial score (nSPS) is 49.1. The molecule has 1 aliphatic heterocycles. The second-order valence-electron chi connectivity index (χ2n) is 7.98. The summed E-state index contributed by atoms with van der Waals surface area (Å²) in [5.41, 5.74) is 0. The fraction of sp³-hybridized carbons (Fsp3) is 1.00. The van der Waals surface area contributed by atoms with Gasteiger partial charge in [-0.25, -0.2) is 0 Å². The molecule has 1 saturated heterocycles. The first-order chi connectivity index (χ1) is 9.29. The number of rotatable bonds is 4. The molecule has 0 aromatic heterocycles. The summed E-state index contributed by atoms with van der Waals surface area (Å²) in [7, 11) is 2.31. The Labute approximate surface area is 118 Å². The van der Waals surface area contributed by atoms with Crippen LogP contribution in [0, 0.1) is 23.7 Å². The van der Waals surface area contributed by atoms with E-state index in [-0.39, 0.29) is 0 Å². The smallest absolute Gasteiger partial charge is 0.0124 e. The van der Waals surface area contributed by atoms with Crippen molar-refractivity contribution in [3.05, 3.63) is 0 Å². The van der Waals surface area contributed by atoms with E-state index in [1.807, 2.05) is 0 Å². The average Bonchev–Trinajstić information content (AvgIpc) is 2.78. The standard InChI is InChI=1S/C17H30N2/c1-19-6-2-3-16(19)4-5-18-17-14-8-12-7-13(10-14)11-15(17)9-12/h12-18H,2-11H2,1H3/t12?,13?,14?,15?,16-,17?/m0/s1. The molecule has 4 bridgehead atoms. The van der Waals surface area contributed by atoms with Gasteiger partial charge in [-0.3, -0.25) is 0 Å². The molecule has 19 heavy (non-hydrogen) atoms. The summed E-state index contributed by atoms with van der Waals surface area (Å²) in [6, 6.07) is 1.75. The molecule has 0 amide bonds. The molecule has 1 heterocycles. The van der Waals surface area contributed by atoms with Crippen molar-refractivity contribution >= 4 is 0 Å². The third kappa shape index (κ3) is 2.35. The highest BCUT2D eigenvalue weighted by Gasteiger charge is 2.47. The van der Waals surface area contributed by atoms with Gasteiger partial charge in [-0.15, -0.1) is 0 Å². The first-order valence-electron chi connectivity index (χ1n) is 8.73. The van der Waals surface area contributed by atoms with Gasteiger partial charge in [0.15, 0.2) is 0 Å². The first-order valence-corrected chi connectivity index (χ1v) is 8.73. The topological polar surface area (TPSA) is 15.3 Å². The van der Waals surface area contributed by atoms with Crippen molar-refractivity contribution in [3.8, 4) is 0 Å². The lowest BCUT2D eigenvalue weighted by Gasteiger charge is -2.54. The maximum absolute atomic E-state index is 3.99. The van der Waals surface area contributed by atoms with E-state index in [4.69, 9.17) is 0 Å². The Kier molecular flexibility index (Phi) is 3.35. The summed E-state index contributed by atoms with van der Waals surface area (Å²) in [5, 5.41) is 3.99. The maximum Gasteiger partial charge on any atom is 0.0124 e. The highest BCUT2D eigenvalue weighted by Crippen LogP contribution is 2.53. The van der Waals surface area contributed by atoms with Crippen molar-refractivity contribution in [2.45, 2.75) is 63.5 Å². The van der Waals surface area contributed by atoms with Crippen LogP contribution in [0.1, 0.15) is 51.4 Å². The molecule has 1 N–H and O–H groups in total. The molecule has 4 saturated carbocycles. The van der Waals surface area contributed by atoms with Crippen LogP contribution in [-0.2, 0) is 0 Å². The molecule has 1 atom stereocenters. The van der Waals surface area contributed by atoms with Crippen molar-refractivity contribution in [1.82, 2.24) is 10.2 Å². The van der Waals surface area contributed by atoms with Gasteiger partial charge in [0.2, 0.25) is 0 Å². The van der Waals surface area contributed by atoms with Crippen LogP contribution in [0.4, 0.5) is 0 Å². The van der Waals surface area contributed by atoms with Crippen LogP contribution >= 0.6 is 0 Å². The van der Waals surface area contributed by atoms with Gasteiger partial charge in [0.05, 0.1) is 0 Å². The Bertz CT molecular complexity index is 299. The molecule has 0 spiro atoms. The summed E-state index contributed by atoms with van der Waals surface area (Å²) in [4.78, 5) is 2.57. The minimum Gasteiger partial charge on any atom is -0.313 e. The number of nitrogens with one attached hydrogen (secondary N) is 1. The lowest BCUT2D eigenvalue weighted by molar-refractivity contribution is -0.0139. The van der Waals surface area contributed by atoms with Gasteiger partial charge in [-0.05, 0) is 95.2 Å². The number of likely N-dealkylation sites (tertiary alicyclic amines) is 1. The highest BCUT2D eigenvalue weighted by molar-refractivity contribution is 5.01. The molecule has 2 nitrogen and oxygen atoms in total. The summed E-state index contributed by atoms with van der Waals surface area (Å²) in [5.74, 6) is 4.30. The molecule has 0 radical (unpaired) electrons. The Balaban J connectivity index is 1.29. The SMILES string of the molecule is CN1CCC[C@H]1CCNC1C2CC3CC(C2)CC1C3. The van der Waals surface area contributed by atoms with E-state index >= 15 is 0 Å². The van der Waals surface area contributed by atoms with Crippen LogP contribution in [0.15, 0.2) is 0 Å². The van der Waals surface area contributed by atoms with E-state index in [0.29, 0.717) is 0 Å². The molecular formula is C17H30N2. The predicted molar refractivity (Wildman–Crippen MR) is 79.1 cm³/mol. The van der Waals surface area contributed by atoms with E-state index in [0.717, 1.165) is 35.8 Å². The van der Waals surface area contributed by atoms with E-state index in [1.54, 1.807) is 32.1 Å². The zero-order valence-corrected chi connectivity index (χ0v) is 12.5. The predicted octanol–water partition coefficient (Wildman–Crippen LogP) is 2.89. The van der Waals surface area contributed by atoms with Gasteiger partial charge in [-0.1, -0.05) is 0 Å². The average molecular weight is 262 g/mol. The maximum atomic E-state index is 3.99. The lowest BCUT2D eigenvalue weighted by atomic mass is 9.54. The van der Waals surface area contributed by atoms with Gasteiger partial charge < -0.3 is 10.2 Å². The van der Waals surface area contributed by atoms with Crippen molar-refractivity contribution in [1.29, 1.82) is 0 Å². The summed E-state index contributed by atoms with van der Waals surface area (Å²) < 4.78 is 0. The van der Waals surface area contributed by atoms with Crippen LogP contribution in [0.2, 0.25) is 0 Å². The Morgan fingerprint density at radius 1 is 1.00 bits per heavy atom. The van der Waals surface area contributed by atoms with Gasteiger partial charge in [0.25, 0.3) is 0 Å². The molecule has 2 heteroatoms. The second kappa shape index (κ2) is 5.04. The van der Waals surface area contributed by atoms with Crippen molar-refractivity contribution in [2.24, 2.45) is 23.7 Å². The van der Waals surface area contributed by atoms with Crippen molar-refractivity contribution < 1.29 is 0 Å². The third-order valence-electron chi connectivity index (χ3n) is 6.76. The molecule has 5 rings (SSSR count). The van der Waals surface area contributed by atoms with E-state index in [1.165, 1.54) is 32.4 Å². The molecule has 5 fully saturated rings. The van der Waals surface area contributed by atoms with E-state index in [9.17, 15) is 0 Å². The van der Waals surface area contributed by atoms with Crippen LogP contribution in [0.3, 0.4) is 0 Å². The molecule has 108 valence electrons. The van der Waals surface area contributed by atoms with Gasteiger partial charge in [0.1, 0.15) is 0 Å². The van der Waals surface area contributed by atoms with Crippen molar-refractivity contribution in [2.75, 3.05) is 20.1 Å². The molecule has 5 aliphatic rings. The summed E-state index contributed by atoms with van der Waals surface area (Å²) >= 11 is 0. The molecule has 0 aromatic carbocycles. The number of hydrogen-bond donors (Lipinski definition) is 1. The van der Waals surface area contributed by atoms with Crippen LogP contribution < -0.4 is 5.32 Å². The zero-order valence-electron chi connectivity index (χ0n) is 12.5. The first kappa shape index (κ1) is 12.6. The monoisotopic (exact) mass is 262 g/mol. The quantitative estimate of drug-likeness (QED) is 0.838. The third-order valence-corrected chi connectivity index (χ3v) is 6.76. The van der Waals surface area contributed by atoms with Crippen LogP contribution in [-0.4, -0.2) is 37.1 Å². The zero-order chi connectivity index (χ0) is 12.8. The Morgan fingerprint density at radius 3 is 2.26 bits per heavy atom. The van der Waals surface area contributed by atoms with Gasteiger partial charge in [-0.2, -0.15) is 0 Å². The fourth-order valence-electron chi connectivity index (χ4n) is 6.02.